The van der Waals surface area contributed by atoms with Gasteiger partial charge in [-0.1, -0.05) is 6.92 Å². The molecule has 1 N–H and O–H groups in total. The average Bonchev–Trinajstić information content (AvgIpc) is 2.36. The molecule has 1 aliphatic heterocycles. The third-order valence-electron chi connectivity index (χ3n) is 4.70. The minimum atomic E-state index is -0.620. The summed E-state index contributed by atoms with van der Waals surface area (Å²) in [6.07, 6.45) is 3.27. The number of methoxy groups -OCH3 is 1. The number of nitrogens with zero attached hydrogens (tertiary/aromatic N) is 1. The summed E-state index contributed by atoms with van der Waals surface area (Å²) in [6.45, 7) is 14.1. The first kappa shape index (κ1) is 18.4. The standard InChI is InChI=1S/C17H34N2O2/c1-12(2)18-17(6,16(20)21-7)11-15(5)19-9-8-13(3)10-14(19)4/h12-15,18H,8-11H2,1-7H3. The van der Waals surface area contributed by atoms with Crippen molar-refractivity contribution in [2.24, 2.45) is 5.92 Å². The number of piperidine rings is 1. The Bertz CT molecular complexity index is 346. The summed E-state index contributed by atoms with van der Waals surface area (Å²) in [5, 5.41) is 3.40. The molecule has 4 atom stereocenters. The zero-order valence-corrected chi connectivity index (χ0v) is 14.9. The summed E-state index contributed by atoms with van der Waals surface area (Å²) in [4.78, 5) is 14.8. The van der Waals surface area contributed by atoms with Crippen molar-refractivity contribution >= 4 is 5.97 Å². The van der Waals surface area contributed by atoms with Crippen LogP contribution in [0.4, 0.5) is 0 Å². The van der Waals surface area contributed by atoms with E-state index in [1.807, 2.05) is 6.92 Å². The average molecular weight is 298 g/mol. The van der Waals surface area contributed by atoms with Gasteiger partial charge in [-0.05, 0) is 66.3 Å². The fourth-order valence-corrected chi connectivity index (χ4v) is 3.85. The number of carbonyl (C=O) groups excluding carboxylic acids is 1. The lowest BCUT2D eigenvalue weighted by Crippen LogP contribution is -2.57. The van der Waals surface area contributed by atoms with Crippen LogP contribution in [0, 0.1) is 5.92 Å². The van der Waals surface area contributed by atoms with Crippen molar-refractivity contribution in [3.8, 4) is 0 Å². The van der Waals surface area contributed by atoms with E-state index in [0.29, 0.717) is 12.1 Å². The van der Waals surface area contributed by atoms with Gasteiger partial charge in [-0.25, -0.2) is 0 Å². The molecule has 0 bridgehead atoms. The van der Waals surface area contributed by atoms with Gasteiger partial charge in [-0.2, -0.15) is 0 Å². The maximum atomic E-state index is 12.2. The van der Waals surface area contributed by atoms with E-state index in [0.717, 1.165) is 18.9 Å². The van der Waals surface area contributed by atoms with Crippen LogP contribution in [0.3, 0.4) is 0 Å². The lowest BCUT2D eigenvalue weighted by molar-refractivity contribution is -0.149. The summed E-state index contributed by atoms with van der Waals surface area (Å²) in [6, 6.07) is 1.20. The van der Waals surface area contributed by atoms with Gasteiger partial charge in [0.15, 0.2) is 0 Å². The normalized spacial score (nSPS) is 28.2. The topological polar surface area (TPSA) is 41.6 Å². The van der Waals surface area contributed by atoms with Crippen LogP contribution in [0.25, 0.3) is 0 Å². The van der Waals surface area contributed by atoms with Crippen LogP contribution in [-0.4, -0.2) is 48.2 Å². The molecule has 1 rings (SSSR count). The number of hydrogen-bond acceptors (Lipinski definition) is 4. The molecule has 1 saturated heterocycles. The second-order valence-electron chi connectivity index (χ2n) is 7.39. The molecule has 0 aromatic heterocycles. The summed E-state index contributed by atoms with van der Waals surface area (Å²) >= 11 is 0. The van der Waals surface area contributed by atoms with Crippen LogP contribution in [0.5, 0.6) is 0 Å². The predicted molar refractivity (Wildman–Crippen MR) is 87.3 cm³/mol. The molecule has 21 heavy (non-hydrogen) atoms. The molecular weight excluding hydrogens is 264 g/mol. The fourth-order valence-electron chi connectivity index (χ4n) is 3.85. The van der Waals surface area contributed by atoms with Crippen molar-refractivity contribution in [2.45, 2.75) is 84.5 Å². The van der Waals surface area contributed by atoms with E-state index in [9.17, 15) is 4.79 Å². The van der Waals surface area contributed by atoms with Crippen LogP contribution in [-0.2, 0) is 9.53 Å². The zero-order chi connectivity index (χ0) is 16.2. The highest BCUT2D eigenvalue weighted by atomic mass is 16.5. The Morgan fingerprint density at radius 2 is 2.00 bits per heavy atom. The number of rotatable bonds is 6. The quantitative estimate of drug-likeness (QED) is 0.766. The highest BCUT2D eigenvalue weighted by Crippen LogP contribution is 2.27. The smallest absolute Gasteiger partial charge is 0.325 e. The van der Waals surface area contributed by atoms with E-state index >= 15 is 0 Å². The maximum absolute atomic E-state index is 12.2. The van der Waals surface area contributed by atoms with Gasteiger partial charge in [-0.15, -0.1) is 0 Å². The molecule has 4 nitrogen and oxygen atoms in total. The molecule has 4 unspecified atom stereocenters. The van der Waals surface area contributed by atoms with Crippen LogP contribution >= 0.6 is 0 Å². The van der Waals surface area contributed by atoms with Gasteiger partial charge in [0.2, 0.25) is 0 Å². The molecule has 0 saturated carbocycles. The molecule has 0 aromatic rings. The lowest BCUT2D eigenvalue weighted by atomic mass is 9.87. The molecule has 0 radical (unpaired) electrons. The summed E-state index contributed by atoms with van der Waals surface area (Å²) in [7, 11) is 1.47. The van der Waals surface area contributed by atoms with Crippen LogP contribution in [0.2, 0.25) is 0 Å². The van der Waals surface area contributed by atoms with E-state index in [-0.39, 0.29) is 12.0 Å². The first-order valence-electron chi connectivity index (χ1n) is 8.31. The monoisotopic (exact) mass is 298 g/mol. The van der Waals surface area contributed by atoms with Gasteiger partial charge in [0.05, 0.1) is 7.11 Å². The van der Waals surface area contributed by atoms with Crippen molar-refractivity contribution in [1.29, 1.82) is 0 Å². The molecule has 1 fully saturated rings. The van der Waals surface area contributed by atoms with Gasteiger partial charge < -0.3 is 4.74 Å². The van der Waals surface area contributed by atoms with Gasteiger partial charge in [0.1, 0.15) is 5.54 Å². The third kappa shape index (κ3) is 4.96. The number of esters is 1. The van der Waals surface area contributed by atoms with E-state index in [4.69, 9.17) is 4.74 Å². The van der Waals surface area contributed by atoms with Gasteiger partial charge >= 0.3 is 5.97 Å². The Kier molecular flexibility index (Phi) is 6.67. The first-order valence-corrected chi connectivity index (χ1v) is 8.31. The Labute approximate surface area is 130 Å². The Morgan fingerprint density at radius 3 is 2.48 bits per heavy atom. The second kappa shape index (κ2) is 7.59. The van der Waals surface area contributed by atoms with Crippen molar-refractivity contribution in [3.05, 3.63) is 0 Å². The fraction of sp³-hybridized carbons (Fsp3) is 0.941. The highest BCUT2D eigenvalue weighted by molar-refractivity contribution is 5.80. The third-order valence-corrected chi connectivity index (χ3v) is 4.70. The number of nitrogens with one attached hydrogen (secondary N) is 1. The Hall–Kier alpha value is -0.610. The van der Waals surface area contributed by atoms with E-state index in [1.165, 1.54) is 20.0 Å². The minimum Gasteiger partial charge on any atom is -0.468 e. The molecule has 0 amide bonds. The first-order chi connectivity index (χ1) is 9.69. The summed E-state index contributed by atoms with van der Waals surface area (Å²) < 4.78 is 5.03. The minimum absolute atomic E-state index is 0.166. The molecule has 4 heteroatoms. The maximum Gasteiger partial charge on any atom is 0.325 e. The van der Waals surface area contributed by atoms with Gasteiger partial charge in [-0.3, -0.25) is 15.0 Å². The molecule has 0 aromatic carbocycles. The Balaban J connectivity index is 2.76. The zero-order valence-electron chi connectivity index (χ0n) is 14.9. The van der Waals surface area contributed by atoms with Crippen molar-refractivity contribution in [1.82, 2.24) is 10.2 Å². The van der Waals surface area contributed by atoms with Crippen molar-refractivity contribution in [3.63, 3.8) is 0 Å². The van der Waals surface area contributed by atoms with Gasteiger partial charge in [0.25, 0.3) is 0 Å². The van der Waals surface area contributed by atoms with Gasteiger partial charge in [0, 0.05) is 18.1 Å². The van der Waals surface area contributed by atoms with Crippen LogP contribution in [0.15, 0.2) is 0 Å². The lowest BCUT2D eigenvalue weighted by Gasteiger charge is -2.43. The molecule has 124 valence electrons. The molecule has 0 spiro atoms. The molecule has 1 aliphatic rings. The molecule has 1 heterocycles. The number of likely N-dealkylation sites (tertiary alicyclic amines) is 1. The largest absolute Gasteiger partial charge is 0.468 e. The molecule has 0 aliphatic carbocycles. The molecular formula is C17H34N2O2. The summed E-state index contributed by atoms with van der Waals surface area (Å²) in [5.74, 6) is 0.644. The highest BCUT2D eigenvalue weighted by Gasteiger charge is 2.38. The second-order valence-corrected chi connectivity index (χ2v) is 7.39. The number of hydrogen-bond donors (Lipinski definition) is 1. The van der Waals surface area contributed by atoms with E-state index in [2.05, 4.69) is 44.8 Å². The van der Waals surface area contributed by atoms with E-state index < -0.39 is 5.54 Å². The number of carbonyl (C=O) groups is 1. The Morgan fingerprint density at radius 1 is 1.38 bits per heavy atom. The number of ether oxygens (including phenoxy) is 1. The van der Waals surface area contributed by atoms with Crippen molar-refractivity contribution < 1.29 is 9.53 Å². The van der Waals surface area contributed by atoms with Crippen LogP contribution in [0.1, 0.15) is 60.8 Å². The predicted octanol–water partition coefficient (Wildman–Crippen LogP) is 2.82. The SMILES string of the molecule is COC(=O)C(C)(CC(C)N1CCC(C)CC1C)NC(C)C. The summed E-state index contributed by atoms with van der Waals surface area (Å²) in [5.41, 5.74) is -0.620. The van der Waals surface area contributed by atoms with Crippen LogP contribution < -0.4 is 5.32 Å². The van der Waals surface area contributed by atoms with Crippen molar-refractivity contribution in [2.75, 3.05) is 13.7 Å². The van der Waals surface area contributed by atoms with E-state index in [1.54, 1.807) is 0 Å².